The average Bonchev–Trinajstić information content (AvgIpc) is 2.65. The smallest absolute Gasteiger partial charge is 0.190 e. The van der Waals surface area contributed by atoms with Crippen molar-refractivity contribution in [3.05, 3.63) is 35.4 Å². The van der Waals surface area contributed by atoms with Crippen LogP contribution in [-0.4, -0.2) is 44.7 Å². The quantitative estimate of drug-likeness (QED) is 0.419. The fraction of sp³-hybridized carbons (Fsp3) is 0.650. The number of hydrogen-bond acceptors (Lipinski definition) is 3. The number of benzene rings is 1. The molecular formula is C20H33N3OS. The van der Waals surface area contributed by atoms with Gasteiger partial charge in [-0.15, -0.1) is 0 Å². The lowest BCUT2D eigenvalue weighted by atomic mass is 9.89. The van der Waals surface area contributed by atoms with E-state index in [1.807, 2.05) is 18.8 Å². The third kappa shape index (κ3) is 6.90. The zero-order valence-corrected chi connectivity index (χ0v) is 16.7. The topological polar surface area (TPSA) is 45.7 Å². The summed E-state index contributed by atoms with van der Waals surface area (Å²) in [6, 6.07) is 8.76. The van der Waals surface area contributed by atoms with Gasteiger partial charge < -0.3 is 15.4 Å². The van der Waals surface area contributed by atoms with Crippen LogP contribution in [-0.2, 0) is 4.74 Å². The van der Waals surface area contributed by atoms with E-state index < -0.39 is 0 Å². The van der Waals surface area contributed by atoms with Gasteiger partial charge in [0.1, 0.15) is 0 Å². The zero-order chi connectivity index (χ0) is 17.9. The number of nitrogens with one attached hydrogen (secondary N) is 2. The minimum Gasteiger partial charge on any atom is -0.373 e. The maximum Gasteiger partial charge on any atom is 0.190 e. The van der Waals surface area contributed by atoms with Gasteiger partial charge >= 0.3 is 0 Å². The number of ether oxygens (including phenoxy) is 1. The number of unbranched alkanes of at least 4 members (excludes halogenated alkanes) is 1. The van der Waals surface area contributed by atoms with E-state index in [4.69, 9.17) is 4.74 Å². The summed E-state index contributed by atoms with van der Waals surface area (Å²) in [7, 11) is 1.84. The van der Waals surface area contributed by atoms with Crippen molar-refractivity contribution < 1.29 is 4.74 Å². The van der Waals surface area contributed by atoms with Gasteiger partial charge in [0.25, 0.3) is 0 Å². The second-order valence-corrected chi connectivity index (χ2v) is 7.67. The first kappa shape index (κ1) is 20.1. The number of hydrogen-bond donors (Lipinski definition) is 2. The largest absolute Gasteiger partial charge is 0.373 e. The molecule has 1 fully saturated rings. The highest BCUT2D eigenvalue weighted by atomic mass is 32.2. The molecule has 4 nitrogen and oxygen atoms in total. The molecule has 2 atom stereocenters. The van der Waals surface area contributed by atoms with Crippen LogP contribution < -0.4 is 10.6 Å². The van der Waals surface area contributed by atoms with Crippen LogP contribution in [0.3, 0.4) is 0 Å². The van der Waals surface area contributed by atoms with Crippen LogP contribution in [0.1, 0.15) is 42.9 Å². The fourth-order valence-corrected chi connectivity index (χ4v) is 3.70. The highest BCUT2D eigenvalue weighted by Crippen LogP contribution is 2.33. The average molecular weight is 364 g/mol. The van der Waals surface area contributed by atoms with Crippen LogP contribution in [0.15, 0.2) is 29.3 Å². The number of rotatable bonds is 8. The van der Waals surface area contributed by atoms with Gasteiger partial charge in [-0.2, -0.15) is 11.8 Å². The lowest BCUT2D eigenvalue weighted by Gasteiger charge is -2.32. The number of nitrogens with zero attached hydrogens (tertiary/aromatic N) is 1. The SMILES string of the molecule is CN=C(NCCCCSC)NCC1CCCOC1c1ccc(C)cc1. The van der Waals surface area contributed by atoms with E-state index in [9.17, 15) is 0 Å². The molecule has 1 aromatic carbocycles. The third-order valence-electron chi connectivity index (χ3n) is 4.67. The van der Waals surface area contributed by atoms with Crippen molar-refractivity contribution in [1.82, 2.24) is 10.6 Å². The molecule has 0 aliphatic carbocycles. The minimum atomic E-state index is 0.182. The van der Waals surface area contributed by atoms with Crippen molar-refractivity contribution in [2.24, 2.45) is 10.9 Å². The van der Waals surface area contributed by atoms with Crippen LogP contribution in [0.2, 0.25) is 0 Å². The molecule has 1 aliphatic heterocycles. The summed E-state index contributed by atoms with van der Waals surface area (Å²) in [5.74, 6) is 2.61. The first-order valence-electron chi connectivity index (χ1n) is 9.36. The molecule has 1 aliphatic rings. The third-order valence-corrected chi connectivity index (χ3v) is 5.37. The summed E-state index contributed by atoms with van der Waals surface area (Å²) in [5.41, 5.74) is 2.58. The van der Waals surface area contributed by atoms with Crippen LogP contribution in [0.4, 0.5) is 0 Å². The van der Waals surface area contributed by atoms with E-state index in [1.165, 1.54) is 36.1 Å². The van der Waals surface area contributed by atoms with Crippen LogP contribution in [0, 0.1) is 12.8 Å². The lowest BCUT2D eigenvalue weighted by molar-refractivity contribution is -0.0265. The Morgan fingerprint density at radius 3 is 2.76 bits per heavy atom. The summed E-state index contributed by atoms with van der Waals surface area (Å²) >= 11 is 1.91. The van der Waals surface area contributed by atoms with Crippen LogP contribution in [0.5, 0.6) is 0 Å². The highest BCUT2D eigenvalue weighted by Gasteiger charge is 2.27. The van der Waals surface area contributed by atoms with Gasteiger partial charge in [-0.05, 0) is 50.2 Å². The van der Waals surface area contributed by atoms with Crippen LogP contribution >= 0.6 is 11.8 Å². The number of guanidine groups is 1. The molecule has 0 amide bonds. The Bertz CT molecular complexity index is 518. The monoisotopic (exact) mass is 363 g/mol. The Kier molecular flexibility index (Phi) is 9.19. The van der Waals surface area contributed by atoms with Crippen molar-refractivity contribution in [2.75, 3.05) is 38.8 Å². The van der Waals surface area contributed by atoms with Gasteiger partial charge in [-0.3, -0.25) is 4.99 Å². The molecule has 1 heterocycles. The lowest BCUT2D eigenvalue weighted by Crippen LogP contribution is -2.42. The summed E-state index contributed by atoms with van der Waals surface area (Å²) in [4.78, 5) is 4.35. The molecule has 0 spiro atoms. The summed E-state index contributed by atoms with van der Waals surface area (Å²) in [5, 5.41) is 6.91. The Balaban J connectivity index is 1.82. The predicted octanol–water partition coefficient (Wildman–Crippen LogP) is 3.77. The minimum absolute atomic E-state index is 0.182. The van der Waals surface area contributed by atoms with E-state index in [-0.39, 0.29) is 6.10 Å². The Morgan fingerprint density at radius 2 is 2.04 bits per heavy atom. The van der Waals surface area contributed by atoms with Crippen molar-refractivity contribution in [3.63, 3.8) is 0 Å². The molecule has 2 rings (SSSR count). The van der Waals surface area contributed by atoms with Gasteiger partial charge in [-0.25, -0.2) is 0 Å². The van der Waals surface area contributed by atoms with E-state index >= 15 is 0 Å². The summed E-state index contributed by atoms with van der Waals surface area (Å²) in [6.45, 7) is 4.85. The molecule has 140 valence electrons. The Morgan fingerprint density at radius 1 is 1.24 bits per heavy atom. The highest BCUT2D eigenvalue weighted by molar-refractivity contribution is 7.98. The molecule has 2 N–H and O–H groups in total. The van der Waals surface area contributed by atoms with Crippen molar-refractivity contribution in [3.8, 4) is 0 Å². The molecule has 25 heavy (non-hydrogen) atoms. The maximum absolute atomic E-state index is 6.11. The van der Waals surface area contributed by atoms with E-state index in [1.54, 1.807) is 0 Å². The standard InChI is InChI=1S/C20H33N3OS/c1-16-8-10-17(11-9-16)19-18(7-6-13-24-19)15-23-20(21-2)22-12-4-5-14-25-3/h8-11,18-19H,4-7,12-15H2,1-3H3,(H2,21,22,23). The van der Waals surface area contributed by atoms with Gasteiger partial charge in [0, 0.05) is 32.7 Å². The molecular weight excluding hydrogens is 330 g/mol. The molecule has 2 unspecified atom stereocenters. The normalized spacial score (nSPS) is 21.2. The van der Waals surface area contributed by atoms with Crippen molar-refractivity contribution in [1.29, 1.82) is 0 Å². The second-order valence-electron chi connectivity index (χ2n) is 6.68. The number of thioether (sulfide) groups is 1. The molecule has 0 bridgehead atoms. The number of aryl methyl sites for hydroxylation is 1. The summed E-state index contributed by atoms with van der Waals surface area (Å²) < 4.78 is 6.11. The molecule has 0 saturated carbocycles. The second kappa shape index (κ2) is 11.4. The Labute approximate surface area is 157 Å². The van der Waals surface area contributed by atoms with Crippen molar-refractivity contribution >= 4 is 17.7 Å². The molecule has 1 aromatic rings. The predicted molar refractivity (Wildman–Crippen MR) is 110 cm³/mol. The first-order chi connectivity index (χ1) is 12.2. The van der Waals surface area contributed by atoms with Gasteiger partial charge in [-0.1, -0.05) is 29.8 Å². The summed E-state index contributed by atoms with van der Waals surface area (Å²) in [6.07, 6.45) is 7.09. The van der Waals surface area contributed by atoms with Crippen molar-refractivity contribution in [2.45, 2.75) is 38.7 Å². The molecule has 0 radical (unpaired) electrons. The molecule has 1 saturated heterocycles. The van der Waals surface area contributed by atoms with Gasteiger partial charge in [0.15, 0.2) is 5.96 Å². The fourth-order valence-electron chi connectivity index (χ4n) is 3.20. The molecule has 0 aromatic heterocycles. The van der Waals surface area contributed by atoms with Gasteiger partial charge in [0.2, 0.25) is 0 Å². The van der Waals surface area contributed by atoms with Gasteiger partial charge in [0.05, 0.1) is 6.10 Å². The first-order valence-corrected chi connectivity index (χ1v) is 10.8. The van der Waals surface area contributed by atoms with E-state index in [0.717, 1.165) is 32.1 Å². The zero-order valence-electron chi connectivity index (χ0n) is 15.9. The Hall–Kier alpha value is -1.20. The van der Waals surface area contributed by atoms with E-state index in [0.29, 0.717) is 5.92 Å². The van der Waals surface area contributed by atoms with Crippen LogP contribution in [0.25, 0.3) is 0 Å². The number of aliphatic imine (C=N–C) groups is 1. The van der Waals surface area contributed by atoms with E-state index in [2.05, 4.69) is 53.1 Å². The molecule has 5 heteroatoms. The maximum atomic E-state index is 6.11.